The third-order valence-corrected chi connectivity index (χ3v) is 2.95. The van der Waals surface area contributed by atoms with Gasteiger partial charge in [0.1, 0.15) is 5.82 Å². The van der Waals surface area contributed by atoms with Crippen molar-refractivity contribution >= 4 is 11.3 Å². The minimum Gasteiger partial charge on any atom is -0.396 e. The van der Waals surface area contributed by atoms with Gasteiger partial charge in [-0.3, -0.25) is 4.40 Å². The fraction of sp³-hybridized carbons (Fsp3) is 0.143. The Morgan fingerprint density at radius 1 is 1.17 bits per heavy atom. The maximum atomic E-state index is 5.94. The molecule has 0 spiro atoms. The van der Waals surface area contributed by atoms with Gasteiger partial charge in [-0.2, -0.15) is 0 Å². The number of anilines is 1. The van der Waals surface area contributed by atoms with E-state index in [1.165, 1.54) is 5.56 Å². The molecule has 3 aromatic rings. The molecular formula is C14H14N4. The number of nitrogen functional groups attached to an aromatic ring is 1. The highest BCUT2D eigenvalue weighted by Crippen LogP contribution is 2.16. The summed E-state index contributed by atoms with van der Waals surface area (Å²) >= 11 is 0. The second-order valence-electron chi connectivity index (χ2n) is 4.45. The zero-order valence-electron chi connectivity index (χ0n) is 10.2. The van der Waals surface area contributed by atoms with E-state index in [1.807, 2.05) is 41.8 Å². The molecule has 0 aliphatic heterocycles. The van der Waals surface area contributed by atoms with Crippen LogP contribution in [0, 0.1) is 6.92 Å². The number of nitrogens with zero attached hydrogens (tertiary/aromatic N) is 3. The number of benzene rings is 1. The Labute approximate surface area is 105 Å². The van der Waals surface area contributed by atoms with Gasteiger partial charge in [0.25, 0.3) is 0 Å². The topological polar surface area (TPSA) is 56.2 Å². The predicted octanol–water partition coefficient (Wildman–Crippen LogP) is 2.21. The van der Waals surface area contributed by atoms with E-state index in [-0.39, 0.29) is 0 Å². The van der Waals surface area contributed by atoms with Gasteiger partial charge in [0, 0.05) is 12.6 Å². The van der Waals surface area contributed by atoms with Crippen molar-refractivity contribution < 1.29 is 0 Å². The summed E-state index contributed by atoms with van der Waals surface area (Å²) in [6.07, 6.45) is 2.77. The minimum atomic E-state index is 0.668. The molecule has 90 valence electrons. The third-order valence-electron chi connectivity index (χ3n) is 2.95. The molecule has 3 rings (SSSR count). The van der Waals surface area contributed by atoms with Crippen molar-refractivity contribution in [2.45, 2.75) is 13.3 Å². The molecule has 0 bridgehead atoms. The smallest absolute Gasteiger partial charge is 0.184 e. The van der Waals surface area contributed by atoms with E-state index in [2.05, 4.69) is 22.3 Å². The molecule has 0 aliphatic rings. The van der Waals surface area contributed by atoms with E-state index in [4.69, 9.17) is 5.73 Å². The summed E-state index contributed by atoms with van der Waals surface area (Å²) in [4.78, 5) is 0. The minimum absolute atomic E-state index is 0.668. The van der Waals surface area contributed by atoms with Gasteiger partial charge in [0.05, 0.1) is 5.69 Å². The van der Waals surface area contributed by atoms with Gasteiger partial charge in [-0.1, -0.05) is 30.3 Å². The van der Waals surface area contributed by atoms with E-state index in [0.717, 1.165) is 23.5 Å². The number of hydrogen-bond acceptors (Lipinski definition) is 3. The molecule has 0 amide bonds. The van der Waals surface area contributed by atoms with Crippen LogP contribution in [0.15, 0.2) is 42.6 Å². The first-order valence-corrected chi connectivity index (χ1v) is 5.88. The van der Waals surface area contributed by atoms with E-state index in [1.54, 1.807) is 0 Å². The van der Waals surface area contributed by atoms with Crippen molar-refractivity contribution in [1.29, 1.82) is 0 Å². The Bertz CT molecular complexity index is 686. The van der Waals surface area contributed by atoms with Gasteiger partial charge >= 0.3 is 0 Å². The quantitative estimate of drug-likeness (QED) is 0.744. The fourth-order valence-corrected chi connectivity index (χ4v) is 2.11. The van der Waals surface area contributed by atoms with Crippen LogP contribution in [0.5, 0.6) is 0 Å². The summed E-state index contributed by atoms with van der Waals surface area (Å²) in [6.45, 7) is 2.02. The van der Waals surface area contributed by atoms with Crippen LogP contribution in [0.3, 0.4) is 0 Å². The van der Waals surface area contributed by atoms with E-state index >= 15 is 0 Å². The summed E-state index contributed by atoms with van der Waals surface area (Å²) in [5.41, 5.74) is 9.66. The van der Waals surface area contributed by atoms with Crippen LogP contribution in [0.4, 0.5) is 5.69 Å². The molecule has 2 aromatic heterocycles. The van der Waals surface area contributed by atoms with Crippen molar-refractivity contribution in [3.8, 4) is 0 Å². The van der Waals surface area contributed by atoms with E-state index < -0.39 is 0 Å². The molecule has 0 atom stereocenters. The zero-order valence-corrected chi connectivity index (χ0v) is 10.2. The monoisotopic (exact) mass is 238 g/mol. The lowest BCUT2D eigenvalue weighted by atomic mass is 10.1. The number of rotatable bonds is 2. The Hall–Kier alpha value is -2.36. The summed E-state index contributed by atoms with van der Waals surface area (Å²) in [7, 11) is 0. The summed E-state index contributed by atoms with van der Waals surface area (Å²) < 4.78 is 1.97. The molecule has 4 heteroatoms. The number of aryl methyl sites for hydroxylation is 1. The number of pyridine rings is 1. The van der Waals surface area contributed by atoms with Crippen LogP contribution in [0.1, 0.15) is 17.0 Å². The van der Waals surface area contributed by atoms with Crippen LogP contribution in [-0.4, -0.2) is 14.6 Å². The normalized spacial score (nSPS) is 10.9. The summed E-state index contributed by atoms with van der Waals surface area (Å²) in [5, 5.41) is 8.37. The van der Waals surface area contributed by atoms with Crippen LogP contribution >= 0.6 is 0 Å². The standard InChI is InChI=1S/C14H14N4/c1-10-7-12(15)14-17-16-13(18(14)9-10)8-11-5-3-2-4-6-11/h2-7,9H,8,15H2,1H3. The molecule has 0 fully saturated rings. The van der Waals surface area contributed by atoms with Crippen LogP contribution in [0.2, 0.25) is 0 Å². The first-order chi connectivity index (χ1) is 8.74. The van der Waals surface area contributed by atoms with Gasteiger partial charge in [0.15, 0.2) is 5.65 Å². The fourth-order valence-electron chi connectivity index (χ4n) is 2.11. The first kappa shape index (κ1) is 10.8. The number of hydrogen-bond donors (Lipinski definition) is 1. The molecule has 0 saturated carbocycles. The van der Waals surface area contributed by atoms with Crippen LogP contribution < -0.4 is 5.73 Å². The highest BCUT2D eigenvalue weighted by molar-refractivity contribution is 5.65. The van der Waals surface area contributed by atoms with Gasteiger partial charge in [-0.25, -0.2) is 0 Å². The summed E-state index contributed by atoms with van der Waals surface area (Å²) in [6, 6.07) is 12.1. The Morgan fingerprint density at radius 3 is 2.72 bits per heavy atom. The lowest BCUT2D eigenvalue weighted by Crippen LogP contribution is -1.99. The first-order valence-electron chi connectivity index (χ1n) is 5.88. The van der Waals surface area contributed by atoms with Gasteiger partial charge in [0.2, 0.25) is 0 Å². The lowest BCUT2D eigenvalue weighted by molar-refractivity contribution is 0.931. The highest BCUT2D eigenvalue weighted by Gasteiger charge is 2.08. The van der Waals surface area contributed by atoms with Crippen LogP contribution in [0.25, 0.3) is 5.65 Å². The molecule has 1 aromatic carbocycles. The second kappa shape index (κ2) is 4.14. The van der Waals surface area contributed by atoms with E-state index in [0.29, 0.717) is 5.69 Å². The Balaban J connectivity index is 2.08. The Kier molecular flexibility index (Phi) is 2.48. The highest BCUT2D eigenvalue weighted by atomic mass is 15.2. The largest absolute Gasteiger partial charge is 0.396 e. The molecule has 2 heterocycles. The molecule has 18 heavy (non-hydrogen) atoms. The number of aromatic nitrogens is 3. The van der Waals surface area contributed by atoms with Gasteiger partial charge < -0.3 is 5.73 Å². The average molecular weight is 238 g/mol. The predicted molar refractivity (Wildman–Crippen MR) is 71.4 cm³/mol. The Morgan fingerprint density at radius 2 is 1.94 bits per heavy atom. The maximum absolute atomic E-state index is 5.94. The third kappa shape index (κ3) is 1.82. The number of fused-ring (bicyclic) bond motifs is 1. The van der Waals surface area contributed by atoms with Gasteiger partial charge in [-0.05, 0) is 24.1 Å². The SMILES string of the molecule is Cc1cc(N)c2nnc(Cc3ccccc3)n2c1. The lowest BCUT2D eigenvalue weighted by Gasteiger charge is -2.03. The maximum Gasteiger partial charge on any atom is 0.184 e. The van der Waals surface area contributed by atoms with Crippen molar-refractivity contribution in [2.75, 3.05) is 5.73 Å². The summed E-state index contributed by atoms with van der Waals surface area (Å²) in [5.74, 6) is 0.909. The number of nitrogens with two attached hydrogens (primary N) is 1. The van der Waals surface area contributed by atoms with E-state index in [9.17, 15) is 0 Å². The molecule has 0 saturated heterocycles. The molecule has 0 unspecified atom stereocenters. The van der Waals surface area contributed by atoms with Crippen molar-refractivity contribution in [3.05, 3.63) is 59.5 Å². The molecular weight excluding hydrogens is 224 g/mol. The van der Waals surface area contributed by atoms with Crippen molar-refractivity contribution in [1.82, 2.24) is 14.6 Å². The molecule has 2 N–H and O–H groups in total. The zero-order chi connectivity index (χ0) is 12.5. The average Bonchev–Trinajstić information content (AvgIpc) is 2.74. The van der Waals surface area contributed by atoms with Gasteiger partial charge in [-0.15, -0.1) is 10.2 Å². The van der Waals surface area contributed by atoms with Crippen molar-refractivity contribution in [3.63, 3.8) is 0 Å². The van der Waals surface area contributed by atoms with Crippen molar-refractivity contribution in [2.24, 2.45) is 0 Å². The second-order valence-corrected chi connectivity index (χ2v) is 4.45. The van der Waals surface area contributed by atoms with Crippen LogP contribution in [-0.2, 0) is 6.42 Å². The molecule has 0 radical (unpaired) electrons. The molecule has 0 aliphatic carbocycles. The molecule has 4 nitrogen and oxygen atoms in total.